The minimum absolute atomic E-state index is 0.0727. The summed E-state index contributed by atoms with van der Waals surface area (Å²) in [6, 6.07) is 15.8. The van der Waals surface area contributed by atoms with Gasteiger partial charge in [0, 0.05) is 11.4 Å². The first-order chi connectivity index (χ1) is 11.8. The Morgan fingerprint density at radius 2 is 1.88 bits per heavy atom. The van der Waals surface area contributed by atoms with Crippen LogP contribution in [0.4, 0.5) is 11.4 Å². The molecule has 2 N–H and O–H groups in total. The Labute approximate surface area is 142 Å². The molecule has 0 aromatic heterocycles. The number of hydrogen-bond acceptors (Lipinski definition) is 3. The van der Waals surface area contributed by atoms with Crippen LogP contribution in [0.25, 0.3) is 0 Å². The molecule has 1 aliphatic rings. The Morgan fingerprint density at radius 1 is 1.08 bits per heavy atom. The summed E-state index contributed by atoms with van der Waals surface area (Å²) < 4.78 is 0. The molecule has 0 bridgehead atoms. The van der Waals surface area contributed by atoms with E-state index < -0.39 is 0 Å². The quantitative estimate of drug-likeness (QED) is 0.883. The highest BCUT2D eigenvalue weighted by Crippen LogP contribution is 2.27. The van der Waals surface area contributed by atoms with Gasteiger partial charge in [-0.1, -0.05) is 24.3 Å². The summed E-state index contributed by atoms with van der Waals surface area (Å²) in [5, 5.41) is 14.8. The van der Waals surface area contributed by atoms with Crippen LogP contribution in [-0.4, -0.2) is 12.5 Å². The summed E-state index contributed by atoms with van der Waals surface area (Å²) in [6.45, 7) is 0.246. The van der Waals surface area contributed by atoms with Gasteiger partial charge in [0.2, 0.25) is 5.91 Å². The highest BCUT2D eigenvalue weighted by Gasteiger charge is 2.13. The van der Waals surface area contributed by atoms with Crippen molar-refractivity contribution in [1.82, 2.24) is 0 Å². The summed E-state index contributed by atoms with van der Waals surface area (Å²) in [4.78, 5) is 12.1. The number of hydrogen-bond donors (Lipinski definition) is 2. The first-order valence-corrected chi connectivity index (χ1v) is 8.36. The smallest absolute Gasteiger partial charge is 0.243 e. The van der Waals surface area contributed by atoms with E-state index in [0.717, 1.165) is 29.8 Å². The maximum absolute atomic E-state index is 12.1. The standard InChI is InChI=1S/C20H21N3O/c21-13-12-15-8-10-17(11-9-15)23-20(24)14-22-19-7-3-5-16-4-1-2-6-18(16)19/h3,5,7-11,22H,1-2,4,6,12,14H2,(H,23,24). The SMILES string of the molecule is N#CCc1ccc(NC(=O)CNc2cccc3c2CCCC3)cc1. The molecular formula is C20H21N3O. The molecule has 122 valence electrons. The highest BCUT2D eigenvalue weighted by molar-refractivity contribution is 5.93. The number of carbonyl (C=O) groups excluding carboxylic acids is 1. The van der Waals surface area contributed by atoms with Crippen LogP contribution in [0.3, 0.4) is 0 Å². The topological polar surface area (TPSA) is 64.9 Å². The molecule has 0 aliphatic heterocycles. The van der Waals surface area contributed by atoms with E-state index in [1.165, 1.54) is 24.0 Å². The maximum Gasteiger partial charge on any atom is 0.243 e. The van der Waals surface area contributed by atoms with Crippen molar-refractivity contribution in [3.8, 4) is 6.07 Å². The van der Waals surface area contributed by atoms with Gasteiger partial charge in [-0.15, -0.1) is 0 Å². The Hall–Kier alpha value is -2.80. The number of nitrogens with zero attached hydrogens (tertiary/aromatic N) is 1. The molecule has 0 atom stereocenters. The minimum atomic E-state index is -0.0727. The van der Waals surface area contributed by atoms with Crippen LogP contribution in [0.2, 0.25) is 0 Å². The van der Waals surface area contributed by atoms with Crippen molar-refractivity contribution in [2.45, 2.75) is 32.1 Å². The zero-order valence-corrected chi connectivity index (χ0v) is 13.6. The van der Waals surface area contributed by atoms with Gasteiger partial charge < -0.3 is 10.6 Å². The molecule has 0 heterocycles. The van der Waals surface area contributed by atoms with Gasteiger partial charge in [0.1, 0.15) is 0 Å². The van der Waals surface area contributed by atoms with Gasteiger partial charge >= 0.3 is 0 Å². The molecule has 4 heteroatoms. The fourth-order valence-electron chi connectivity index (χ4n) is 3.12. The van der Waals surface area contributed by atoms with E-state index in [9.17, 15) is 4.79 Å². The molecule has 2 aromatic carbocycles. The Morgan fingerprint density at radius 3 is 2.67 bits per heavy atom. The largest absolute Gasteiger partial charge is 0.376 e. The highest BCUT2D eigenvalue weighted by atomic mass is 16.1. The zero-order chi connectivity index (χ0) is 16.8. The van der Waals surface area contributed by atoms with Crippen molar-refractivity contribution in [3.05, 3.63) is 59.2 Å². The van der Waals surface area contributed by atoms with Gasteiger partial charge in [-0.2, -0.15) is 5.26 Å². The zero-order valence-electron chi connectivity index (χ0n) is 13.6. The Bertz CT molecular complexity index is 759. The fourth-order valence-corrected chi connectivity index (χ4v) is 3.12. The minimum Gasteiger partial charge on any atom is -0.376 e. The maximum atomic E-state index is 12.1. The average Bonchev–Trinajstić information content (AvgIpc) is 2.62. The second-order valence-electron chi connectivity index (χ2n) is 6.08. The number of rotatable bonds is 5. The molecule has 2 aromatic rings. The third-order valence-electron chi connectivity index (χ3n) is 4.36. The molecule has 0 radical (unpaired) electrons. The third-order valence-corrected chi connectivity index (χ3v) is 4.36. The lowest BCUT2D eigenvalue weighted by Gasteiger charge is -2.20. The molecule has 1 amide bonds. The number of carbonyl (C=O) groups is 1. The lowest BCUT2D eigenvalue weighted by Crippen LogP contribution is -2.22. The van der Waals surface area contributed by atoms with Crippen LogP contribution in [0, 0.1) is 11.3 Å². The van der Waals surface area contributed by atoms with Gasteiger partial charge in [0.05, 0.1) is 19.0 Å². The Balaban J connectivity index is 1.57. The van der Waals surface area contributed by atoms with E-state index in [2.05, 4.69) is 28.8 Å². The number of benzene rings is 2. The number of fused-ring (bicyclic) bond motifs is 1. The van der Waals surface area contributed by atoms with Crippen LogP contribution in [0.1, 0.15) is 29.5 Å². The van der Waals surface area contributed by atoms with Crippen molar-refractivity contribution in [3.63, 3.8) is 0 Å². The van der Waals surface area contributed by atoms with E-state index in [1.54, 1.807) is 0 Å². The second kappa shape index (κ2) is 7.65. The van der Waals surface area contributed by atoms with Crippen molar-refractivity contribution in [1.29, 1.82) is 5.26 Å². The molecule has 4 nitrogen and oxygen atoms in total. The molecule has 1 aliphatic carbocycles. The van der Waals surface area contributed by atoms with Gasteiger partial charge in [-0.25, -0.2) is 0 Å². The fraction of sp³-hybridized carbons (Fsp3) is 0.300. The number of nitriles is 1. The number of anilines is 2. The normalized spacial score (nSPS) is 12.8. The molecule has 0 fully saturated rings. The third kappa shape index (κ3) is 3.94. The number of amides is 1. The summed E-state index contributed by atoms with van der Waals surface area (Å²) in [5.74, 6) is -0.0727. The van der Waals surface area contributed by atoms with Crippen molar-refractivity contribution < 1.29 is 4.79 Å². The summed E-state index contributed by atoms with van der Waals surface area (Å²) in [6.07, 6.45) is 5.06. The van der Waals surface area contributed by atoms with Crippen LogP contribution in [0.15, 0.2) is 42.5 Å². The molecular weight excluding hydrogens is 298 g/mol. The molecule has 0 spiro atoms. The second-order valence-corrected chi connectivity index (χ2v) is 6.08. The first-order valence-electron chi connectivity index (χ1n) is 8.36. The van der Waals surface area contributed by atoms with Crippen LogP contribution in [-0.2, 0) is 24.1 Å². The van der Waals surface area contributed by atoms with Gasteiger partial charge in [0.15, 0.2) is 0 Å². The van der Waals surface area contributed by atoms with Gasteiger partial charge in [0.25, 0.3) is 0 Å². The lowest BCUT2D eigenvalue weighted by molar-refractivity contribution is -0.114. The predicted molar refractivity (Wildman–Crippen MR) is 96.0 cm³/mol. The van der Waals surface area contributed by atoms with E-state index in [1.807, 2.05) is 30.3 Å². The van der Waals surface area contributed by atoms with Crippen LogP contribution >= 0.6 is 0 Å². The molecule has 0 saturated carbocycles. The summed E-state index contributed by atoms with van der Waals surface area (Å²) >= 11 is 0. The number of nitrogens with one attached hydrogen (secondary N) is 2. The monoisotopic (exact) mass is 319 g/mol. The molecule has 0 saturated heterocycles. The lowest BCUT2D eigenvalue weighted by atomic mass is 9.90. The van der Waals surface area contributed by atoms with Crippen molar-refractivity contribution in [2.75, 3.05) is 17.2 Å². The van der Waals surface area contributed by atoms with E-state index in [0.29, 0.717) is 6.42 Å². The van der Waals surface area contributed by atoms with Gasteiger partial charge in [-0.05, 0) is 60.6 Å². The molecule has 3 rings (SSSR count). The molecule has 0 unspecified atom stereocenters. The predicted octanol–water partition coefficient (Wildman–Crippen LogP) is 3.68. The van der Waals surface area contributed by atoms with Gasteiger partial charge in [-0.3, -0.25) is 4.79 Å². The van der Waals surface area contributed by atoms with E-state index in [-0.39, 0.29) is 12.5 Å². The average molecular weight is 319 g/mol. The van der Waals surface area contributed by atoms with Crippen molar-refractivity contribution in [2.24, 2.45) is 0 Å². The Kier molecular flexibility index (Phi) is 5.12. The van der Waals surface area contributed by atoms with Crippen LogP contribution < -0.4 is 10.6 Å². The summed E-state index contributed by atoms with van der Waals surface area (Å²) in [7, 11) is 0. The van der Waals surface area contributed by atoms with E-state index >= 15 is 0 Å². The van der Waals surface area contributed by atoms with Crippen LogP contribution in [0.5, 0.6) is 0 Å². The summed E-state index contributed by atoms with van der Waals surface area (Å²) in [5.41, 5.74) is 5.53. The molecule has 24 heavy (non-hydrogen) atoms. The first kappa shape index (κ1) is 16.1. The van der Waals surface area contributed by atoms with Crippen molar-refractivity contribution >= 4 is 17.3 Å². The number of aryl methyl sites for hydroxylation is 1. The van der Waals surface area contributed by atoms with E-state index in [4.69, 9.17) is 5.26 Å².